The summed E-state index contributed by atoms with van der Waals surface area (Å²) in [6.07, 6.45) is 0.722. The van der Waals surface area contributed by atoms with Crippen LogP contribution in [0.4, 0.5) is 0 Å². The van der Waals surface area contributed by atoms with Crippen LogP contribution in [0.2, 0.25) is 0 Å². The van der Waals surface area contributed by atoms with Gasteiger partial charge in [-0.1, -0.05) is 6.58 Å². The maximum atomic E-state index is 9.14. The van der Waals surface area contributed by atoms with Crippen LogP contribution in [0.5, 0.6) is 0 Å². The van der Waals surface area contributed by atoms with E-state index >= 15 is 0 Å². The van der Waals surface area contributed by atoms with E-state index in [1.165, 1.54) is 0 Å². The molecule has 2 fully saturated rings. The fraction of sp³-hybridized carbons (Fsp3) is 0.333. The smallest absolute Gasteiger partial charge is 0.350 e. The minimum Gasteiger partial charge on any atom is -0.550 e. The summed E-state index contributed by atoms with van der Waals surface area (Å²) in [6, 6.07) is 0. The van der Waals surface area contributed by atoms with Gasteiger partial charge in [0.25, 0.3) is 0 Å². The molecule has 0 bridgehead atoms. The molecule has 23 heavy (non-hydrogen) atoms. The lowest BCUT2D eigenvalue weighted by Crippen LogP contribution is -2.37. The van der Waals surface area contributed by atoms with Gasteiger partial charge in [-0.2, -0.15) is 0 Å². The van der Waals surface area contributed by atoms with Gasteiger partial charge in [-0.15, -0.1) is 0 Å². The van der Waals surface area contributed by atoms with Gasteiger partial charge in [-0.3, -0.25) is 0 Å². The highest BCUT2D eigenvalue weighted by atomic mass is 17.1. The molecular weight excluding hydrogens is 316 g/mol. The molecule has 0 aromatic rings. The third-order valence-corrected chi connectivity index (χ3v) is 1.82. The molecule has 2 heterocycles. The van der Waals surface area contributed by atoms with E-state index in [2.05, 4.69) is 27.6 Å². The number of carbonyl (C=O) groups is 2. The normalized spacial score (nSPS) is 25.5. The van der Waals surface area contributed by atoms with Crippen LogP contribution >= 0.6 is 0 Å². The van der Waals surface area contributed by atoms with E-state index in [9.17, 15) is 0 Å². The van der Waals surface area contributed by atoms with Crippen LogP contribution in [0.3, 0.4) is 0 Å². The zero-order valence-electron chi connectivity index (χ0n) is 12.8. The molecule has 8 N–H and O–H groups in total. The van der Waals surface area contributed by atoms with Crippen molar-refractivity contribution < 1.29 is 39.2 Å². The second kappa shape index (κ2) is 9.41. The van der Waals surface area contributed by atoms with Crippen LogP contribution in [0.15, 0.2) is 12.7 Å². The summed E-state index contributed by atoms with van der Waals surface area (Å²) in [7, 11) is 3.25. The van der Waals surface area contributed by atoms with E-state index in [-0.39, 0.29) is 21.4 Å². The Balaban J connectivity index is 0. The predicted molar refractivity (Wildman–Crippen MR) is 70.5 cm³/mol. The van der Waals surface area contributed by atoms with Crippen molar-refractivity contribution >= 4 is 23.9 Å². The summed E-state index contributed by atoms with van der Waals surface area (Å²) in [4.78, 5) is 27.0. The number of carbonyl (C=O) groups excluding carboxylic acids is 2. The van der Waals surface area contributed by atoms with Gasteiger partial charge < -0.3 is 31.3 Å². The molecule has 0 aromatic heterocycles. The van der Waals surface area contributed by atoms with Crippen LogP contribution in [0, 0.1) is 10.8 Å². The third-order valence-electron chi connectivity index (χ3n) is 1.82. The molecule has 2 rings (SSSR count). The van der Waals surface area contributed by atoms with E-state index < -0.39 is 11.9 Å². The predicted octanol–water partition coefficient (Wildman–Crippen LogP) is -4.94. The number of carboxylic acids is 2. The Morgan fingerprint density at radius 2 is 1.26 bits per heavy atom. The Labute approximate surface area is 131 Å². The molecule has 2 unspecified atom stereocenters. The second-order valence-electron chi connectivity index (χ2n) is 4.00. The molecule has 0 amide bonds. The number of aliphatic carboxylic acids is 2. The van der Waals surface area contributed by atoms with Crippen molar-refractivity contribution in [3.63, 3.8) is 0 Å². The number of nitrogens with zero attached hydrogens (tertiary/aromatic N) is 2. The first-order valence-corrected chi connectivity index (χ1v) is 5.65. The lowest BCUT2D eigenvalue weighted by molar-refractivity contribution is -0.823. The van der Waals surface area contributed by atoms with Crippen molar-refractivity contribution in [3.05, 3.63) is 12.7 Å². The highest BCUT2D eigenvalue weighted by Crippen LogP contribution is 2.08. The molecule has 0 aromatic carbocycles. The van der Waals surface area contributed by atoms with E-state index in [4.69, 9.17) is 42.1 Å². The number of rotatable bonds is 1. The fourth-order valence-corrected chi connectivity index (χ4v) is 0.319. The lowest BCUT2D eigenvalue weighted by Gasteiger charge is -1.91. The van der Waals surface area contributed by atoms with Gasteiger partial charge in [0, 0.05) is 15.5 Å². The molecule has 14 nitrogen and oxygen atoms in total. The van der Waals surface area contributed by atoms with Crippen molar-refractivity contribution in [2.75, 3.05) is 14.1 Å². The summed E-state index contributed by atoms with van der Waals surface area (Å²) in [5, 5.41) is 31.6. The molecule has 2 aliphatic heterocycles. The number of hydroxylamine groups is 4. The molecule has 132 valence electrons. The Morgan fingerprint density at radius 3 is 1.26 bits per heavy atom. The van der Waals surface area contributed by atoms with E-state index in [1.807, 2.05) is 0 Å². The SMILES string of the molecule is C=CC(=O)[O-].CC(=O)[O-].C[N+]1(C(=N)N)NO1.C[N+]1(C(=N)N)NO1. The lowest BCUT2D eigenvalue weighted by atomic mass is 10.7. The zero-order chi connectivity index (χ0) is 18.8. The topological polar surface area (TPSA) is 249 Å². The van der Waals surface area contributed by atoms with Crippen LogP contribution in [0.25, 0.3) is 0 Å². The van der Waals surface area contributed by atoms with E-state index in [1.54, 1.807) is 14.1 Å². The Kier molecular flexibility index (Phi) is 9.27. The van der Waals surface area contributed by atoms with Gasteiger partial charge in [-0.25, -0.2) is 10.8 Å². The number of nitrogens with two attached hydrogens (primary N) is 2. The molecule has 0 radical (unpaired) electrons. The summed E-state index contributed by atoms with van der Waals surface area (Å²) >= 11 is 0. The van der Waals surface area contributed by atoms with Crippen LogP contribution in [0.1, 0.15) is 6.92 Å². The molecule has 0 saturated carbocycles. The monoisotopic (exact) mass is 336 g/mol. The highest BCUT2D eigenvalue weighted by molar-refractivity contribution is 5.76. The van der Waals surface area contributed by atoms with Crippen LogP contribution in [-0.4, -0.2) is 47.5 Å². The van der Waals surface area contributed by atoms with Crippen molar-refractivity contribution in [2.24, 2.45) is 11.5 Å². The average Bonchev–Trinajstić information content (AvgIpc) is 3.30. The maximum Gasteiger partial charge on any atom is 0.350 e. The number of hydrogen-bond acceptors (Lipinski definition) is 10. The first-order valence-electron chi connectivity index (χ1n) is 5.65. The zero-order valence-corrected chi connectivity index (χ0v) is 12.8. The third kappa shape index (κ3) is 12.8. The molecule has 0 spiro atoms. The largest absolute Gasteiger partial charge is 0.550 e. The van der Waals surface area contributed by atoms with Gasteiger partial charge in [0.05, 0.1) is 17.1 Å². The van der Waals surface area contributed by atoms with Gasteiger partial charge in [0.1, 0.15) is 14.1 Å². The maximum absolute atomic E-state index is 9.14. The highest BCUT2D eigenvalue weighted by Gasteiger charge is 2.47. The quantitative estimate of drug-likeness (QED) is 0.0874. The van der Waals surface area contributed by atoms with Crippen molar-refractivity contribution in [1.82, 2.24) is 11.2 Å². The number of nitrogens with one attached hydrogen (secondary N) is 4. The first-order chi connectivity index (χ1) is 10.3. The number of hydrogen-bond donors (Lipinski definition) is 6. The van der Waals surface area contributed by atoms with Gasteiger partial charge in [0.15, 0.2) is 0 Å². The summed E-state index contributed by atoms with van der Waals surface area (Å²) in [6.45, 7) is 3.87. The first kappa shape index (κ1) is 22.7. The molecule has 2 atom stereocenters. The minimum atomic E-state index is -1.23. The standard InChI is InChI=1S/C3H4O2.2C2H7N4O.C2H4O2/c1-2-3(4)5;2*1-6(2(3)4)5-7-6;1-2(3)4/h2H,1H2,(H,4,5);2*5H,1H3,(H3,3,4);1H3,(H,3,4)/q;2*+1;/p-2. The average molecular weight is 336 g/mol. The number of carboxylic acid groups (broad SMARTS) is 2. The van der Waals surface area contributed by atoms with Gasteiger partial charge >= 0.3 is 11.9 Å². The van der Waals surface area contributed by atoms with Crippen molar-refractivity contribution in [1.29, 1.82) is 10.8 Å². The Hall–Kier alpha value is -2.62. The molecular formula is C9H20N8O6. The molecule has 2 aliphatic rings. The fourth-order valence-electron chi connectivity index (χ4n) is 0.319. The minimum absolute atomic E-state index is 0.0417. The van der Waals surface area contributed by atoms with Gasteiger partial charge in [0.2, 0.25) is 0 Å². The molecule has 2 saturated heterocycles. The number of quaternary nitrogens is 2. The van der Waals surface area contributed by atoms with E-state index in [0.29, 0.717) is 0 Å². The Morgan fingerprint density at radius 1 is 1.09 bits per heavy atom. The van der Waals surface area contributed by atoms with Crippen LogP contribution in [-0.2, 0) is 19.5 Å². The summed E-state index contributed by atoms with van der Waals surface area (Å²) < 4.78 is -0.167. The van der Waals surface area contributed by atoms with Crippen LogP contribution < -0.4 is 32.9 Å². The summed E-state index contributed by atoms with van der Waals surface area (Å²) in [5.74, 6) is -2.40. The second-order valence-corrected chi connectivity index (χ2v) is 4.00. The van der Waals surface area contributed by atoms with E-state index in [0.717, 1.165) is 13.0 Å². The number of guanidine groups is 2. The van der Waals surface area contributed by atoms with Gasteiger partial charge in [-0.05, 0) is 22.9 Å². The van der Waals surface area contributed by atoms with Crippen molar-refractivity contribution in [3.8, 4) is 0 Å². The van der Waals surface area contributed by atoms with Crippen molar-refractivity contribution in [2.45, 2.75) is 6.92 Å². The Bertz CT molecular complexity index is 441. The molecule has 0 aliphatic carbocycles. The molecule has 14 heteroatoms. The summed E-state index contributed by atoms with van der Waals surface area (Å²) in [5.41, 5.74) is 14.8.